The molecule has 0 atom stereocenters. The number of anilines is 1. The molecule has 4 aromatic rings. The maximum Gasteiger partial charge on any atom is 0.410 e. The van der Waals surface area contributed by atoms with Crippen molar-refractivity contribution in [2.75, 3.05) is 18.5 Å². The van der Waals surface area contributed by atoms with Crippen molar-refractivity contribution in [2.45, 2.75) is 33.4 Å². The highest BCUT2D eigenvalue weighted by Gasteiger charge is 2.29. The maximum absolute atomic E-state index is 13.7. The Bertz CT molecular complexity index is 1600. The fraction of sp³-hybridized carbons (Fsp3) is 0.259. The van der Waals surface area contributed by atoms with Gasteiger partial charge >= 0.3 is 11.8 Å². The van der Waals surface area contributed by atoms with Gasteiger partial charge in [-0.05, 0) is 50.1 Å². The minimum atomic E-state index is -0.594. The topological polar surface area (TPSA) is 103 Å². The average Bonchev–Trinajstić information content (AvgIpc) is 3.28. The standard InChI is InChI=1S/C27H26N4O5S/c1-3-36-27(35)29-14-13-20-21(15-29)37-25-23(20)24(33)31(19-7-5-4-6-8-19)26(34)30(25)16-22(32)28-18-11-9-17(2)10-12-18/h4-12H,3,13-16H2,1-2H3,(H,28,32). The van der Waals surface area contributed by atoms with Crippen LogP contribution in [0.4, 0.5) is 10.5 Å². The Labute approximate surface area is 216 Å². The minimum absolute atomic E-state index is 0.267. The van der Waals surface area contributed by atoms with Crippen LogP contribution in [0.3, 0.4) is 0 Å². The van der Waals surface area contributed by atoms with E-state index in [1.54, 1.807) is 54.3 Å². The number of carbonyl (C=O) groups is 2. The first-order valence-electron chi connectivity index (χ1n) is 12.0. The highest BCUT2D eigenvalue weighted by molar-refractivity contribution is 7.18. The van der Waals surface area contributed by atoms with Gasteiger partial charge in [-0.1, -0.05) is 35.9 Å². The summed E-state index contributed by atoms with van der Waals surface area (Å²) in [6.07, 6.45) is 0.0357. The first-order valence-corrected chi connectivity index (χ1v) is 12.8. The molecule has 2 amide bonds. The molecule has 10 heteroatoms. The molecule has 2 aromatic heterocycles. The Kier molecular flexibility index (Phi) is 6.66. The number of aromatic nitrogens is 2. The zero-order valence-electron chi connectivity index (χ0n) is 20.5. The quantitative estimate of drug-likeness (QED) is 0.434. The van der Waals surface area contributed by atoms with Gasteiger partial charge in [-0.15, -0.1) is 11.3 Å². The average molecular weight is 519 g/mol. The van der Waals surface area contributed by atoms with Crippen molar-refractivity contribution in [1.82, 2.24) is 14.0 Å². The molecule has 0 saturated carbocycles. The number of aryl methyl sites for hydroxylation is 1. The molecule has 1 aliphatic rings. The maximum atomic E-state index is 13.7. The summed E-state index contributed by atoms with van der Waals surface area (Å²) in [6.45, 7) is 4.39. The molecule has 190 valence electrons. The molecule has 0 saturated heterocycles. The molecule has 3 heterocycles. The number of hydrogen-bond acceptors (Lipinski definition) is 6. The molecule has 5 rings (SSSR count). The van der Waals surface area contributed by atoms with Crippen LogP contribution in [0.25, 0.3) is 15.9 Å². The van der Waals surface area contributed by atoms with Crippen LogP contribution in [-0.2, 0) is 29.0 Å². The summed E-state index contributed by atoms with van der Waals surface area (Å²) in [4.78, 5) is 55.6. The molecule has 9 nitrogen and oxygen atoms in total. The van der Waals surface area contributed by atoms with E-state index in [0.717, 1.165) is 20.6 Å². The van der Waals surface area contributed by atoms with Gasteiger partial charge < -0.3 is 15.0 Å². The van der Waals surface area contributed by atoms with Crippen LogP contribution in [0.15, 0.2) is 64.2 Å². The molecule has 37 heavy (non-hydrogen) atoms. The van der Waals surface area contributed by atoms with Gasteiger partial charge in [-0.25, -0.2) is 14.2 Å². The molecule has 0 unspecified atom stereocenters. The Balaban J connectivity index is 1.62. The molecule has 0 spiro atoms. The largest absolute Gasteiger partial charge is 0.450 e. The molecule has 0 bridgehead atoms. The molecular formula is C27H26N4O5S. The smallest absolute Gasteiger partial charge is 0.410 e. The monoisotopic (exact) mass is 518 g/mol. The summed E-state index contributed by atoms with van der Waals surface area (Å²) < 4.78 is 7.62. The highest BCUT2D eigenvalue weighted by atomic mass is 32.1. The summed E-state index contributed by atoms with van der Waals surface area (Å²) in [5.74, 6) is -0.384. The van der Waals surface area contributed by atoms with E-state index in [4.69, 9.17) is 4.74 Å². The Morgan fingerprint density at radius 2 is 1.78 bits per heavy atom. The zero-order valence-corrected chi connectivity index (χ0v) is 21.3. The van der Waals surface area contributed by atoms with Gasteiger partial charge in [0, 0.05) is 17.1 Å². The van der Waals surface area contributed by atoms with Crippen molar-refractivity contribution in [3.63, 3.8) is 0 Å². The van der Waals surface area contributed by atoms with Crippen LogP contribution < -0.4 is 16.6 Å². The third-order valence-electron chi connectivity index (χ3n) is 6.30. The number of ether oxygens (including phenoxy) is 1. The van der Waals surface area contributed by atoms with E-state index in [9.17, 15) is 19.2 Å². The fourth-order valence-electron chi connectivity index (χ4n) is 4.50. The van der Waals surface area contributed by atoms with Crippen LogP contribution in [0.5, 0.6) is 0 Å². The molecule has 0 aliphatic carbocycles. The number of nitrogens with one attached hydrogen (secondary N) is 1. The number of nitrogens with zero attached hydrogens (tertiary/aromatic N) is 3. The van der Waals surface area contributed by atoms with E-state index in [-0.39, 0.29) is 25.6 Å². The number of rotatable bonds is 5. The summed E-state index contributed by atoms with van der Waals surface area (Å²) in [5, 5.41) is 3.24. The summed E-state index contributed by atoms with van der Waals surface area (Å²) in [7, 11) is 0. The molecule has 1 N–H and O–H groups in total. The van der Waals surface area contributed by atoms with Crippen molar-refractivity contribution in [3.8, 4) is 5.69 Å². The van der Waals surface area contributed by atoms with Gasteiger partial charge in [0.1, 0.15) is 11.4 Å². The lowest BCUT2D eigenvalue weighted by Crippen LogP contribution is -2.41. The number of hydrogen-bond donors (Lipinski definition) is 1. The lowest BCUT2D eigenvalue weighted by Gasteiger charge is -2.25. The van der Waals surface area contributed by atoms with Crippen LogP contribution in [0.2, 0.25) is 0 Å². The van der Waals surface area contributed by atoms with Gasteiger partial charge in [0.2, 0.25) is 5.91 Å². The first-order chi connectivity index (χ1) is 17.9. The number of thiophene rings is 1. The van der Waals surface area contributed by atoms with Crippen LogP contribution in [-0.4, -0.2) is 39.2 Å². The second-order valence-electron chi connectivity index (χ2n) is 8.81. The fourth-order valence-corrected chi connectivity index (χ4v) is 5.85. The molecular weight excluding hydrogens is 492 g/mol. The van der Waals surface area contributed by atoms with Crippen molar-refractivity contribution in [2.24, 2.45) is 0 Å². The second-order valence-corrected chi connectivity index (χ2v) is 9.90. The second kappa shape index (κ2) is 10.1. The van der Waals surface area contributed by atoms with Crippen molar-refractivity contribution in [1.29, 1.82) is 0 Å². The van der Waals surface area contributed by atoms with Gasteiger partial charge in [0.05, 0.1) is 24.2 Å². The number of carbonyl (C=O) groups excluding carboxylic acids is 2. The van der Waals surface area contributed by atoms with Gasteiger partial charge in [-0.3, -0.25) is 14.2 Å². The number of fused-ring (bicyclic) bond motifs is 3. The Morgan fingerprint density at radius 1 is 1.05 bits per heavy atom. The van der Waals surface area contributed by atoms with Crippen molar-refractivity contribution in [3.05, 3.63) is 91.4 Å². The SMILES string of the molecule is CCOC(=O)N1CCc2c(sc3c2c(=O)n(-c2ccccc2)c(=O)n3CC(=O)Nc2ccc(C)cc2)C1. The molecule has 0 fully saturated rings. The highest BCUT2D eigenvalue weighted by Crippen LogP contribution is 2.33. The first kappa shape index (κ1) is 24.5. The summed E-state index contributed by atoms with van der Waals surface area (Å²) in [6, 6.07) is 16.0. The van der Waals surface area contributed by atoms with E-state index in [1.807, 2.05) is 19.1 Å². The van der Waals surface area contributed by atoms with Crippen LogP contribution >= 0.6 is 11.3 Å². The lowest BCUT2D eigenvalue weighted by molar-refractivity contribution is -0.116. The Morgan fingerprint density at radius 3 is 2.49 bits per heavy atom. The number of para-hydroxylation sites is 1. The molecule has 1 aliphatic heterocycles. The zero-order chi connectivity index (χ0) is 26.1. The third-order valence-corrected chi connectivity index (χ3v) is 7.54. The van der Waals surface area contributed by atoms with Crippen molar-refractivity contribution >= 4 is 39.2 Å². The van der Waals surface area contributed by atoms with Gasteiger partial charge in [0.15, 0.2) is 0 Å². The Hall–Kier alpha value is -4.18. The van der Waals surface area contributed by atoms with Crippen LogP contribution in [0.1, 0.15) is 22.9 Å². The van der Waals surface area contributed by atoms with E-state index >= 15 is 0 Å². The van der Waals surface area contributed by atoms with Crippen LogP contribution in [0, 0.1) is 6.92 Å². The summed E-state index contributed by atoms with van der Waals surface area (Å²) in [5.41, 5.74) is 1.89. The van der Waals surface area contributed by atoms with Gasteiger partial charge in [0.25, 0.3) is 5.56 Å². The van der Waals surface area contributed by atoms with E-state index in [1.165, 1.54) is 15.9 Å². The lowest BCUT2D eigenvalue weighted by atomic mass is 10.1. The van der Waals surface area contributed by atoms with E-state index < -0.39 is 17.3 Å². The summed E-state index contributed by atoms with van der Waals surface area (Å²) >= 11 is 1.27. The van der Waals surface area contributed by atoms with Gasteiger partial charge in [-0.2, -0.15) is 0 Å². The normalized spacial score (nSPS) is 12.9. The number of amides is 2. The van der Waals surface area contributed by atoms with E-state index in [0.29, 0.717) is 34.6 Å². The molecule has 0 radical (unpaired) electrons. The minimum Gasteiger partial charge on any atom is -0.450 e. The predicted molar refractivity (Wildman–Crippen MR) is 143 cm³/mol. The third kappa shape index (κ3) is 4.67. The van der Waals surface area contributed by atoms with E-state index in [2.05, 4.69) is 5.32 Å². The molecule has 2 aromatic carbocycles. The predicted octanol–water partition coefficient (Wildman–Crippen LogP) is 3.68. The van der Waals surface area contributed by atoms with Crippen molar-refractivity contribution < 1.29 is 14.3 Å². The number of benzene rings is 2.